The number of aliphatic hydroxyl groups is 1. The van der Waals surface area contributed by atoms with Crippen LogP contribution in [0.25, 0.3) is 0 Å². The maximum atomic E-state index is 8.65. The number of rotatable bonds is 4. The van der Waals surface area contributed by atoms with E-state index in [4.69, 9.17) is 5.11 Å². The number of hydrogen-bond acceptors (Lipinski definition) is 2. The Morgan fingerprint density at radius 1 is 1.31 bits per heavy atom. The highest BCUT2D eigenvalue weighted by atomic mass is 16.3. The molecule has 0 amide bonds. The van der Waals surface area contributed by atoms with Crippen molar-refractivity contribution in [2.24, 2.45) is 0 Å². The monoisotopic (exact) mass is 181 g/mol. The smallest absolute Gasteiger partial charge is 0.170 e. The summed E-state index contributed by atoms with van der Waals surface area (Å²) in [4.78, 5) is 2.07. The van der Waals surface area contributed by atoms with E-state index in [9.17, 15) is 0 Å². The molecule has 0 atom stereocenters. The van der Waals surface area contributed by atoms with E-state index in [2.05, 4.69) is 21.6 Å². The van der Waals surface area contributed by atoms with Crippen molar-refractivity contribution in [3.05, 3.63) is 24.5 Å². The third kappa shape index (κ3) is 3.03. The summed E-state index contributed by atoms with van der Waals surface area (Å²) >= 11 is 0. The van der Waals surface area contributed by atoms with Crippen LogP contribution >= 0.6 is 0 Å². The Labute approximate surface area is 79.2 Å². The minimum atomic E-state index is 0.252. The number of nitrogens with zero attached hydrogens (tertiary/aromatic N) is 2. The maximum absolute atomic E-state index is 8.65. The van der Waals surface area contributed by atoms with Crippen molar-refractivity contribution in [2.45, 2.75) is 13.0 Å². The highest BCUT2D eigenvalue weighted by Gasteiger charge is 2.00. The molecule has 1 N–H and O–H groups in total. The van der Waals surface area contributed by atoms with Crippen molar-refractivity contribution in [3.63, 3.8) is 0 Å². The van der Waals surface area contributed by atoms with Gasteiger partial charge in [-0.3, -0.25) is 0 Å². The molecule has 1 aromatic rings. The molecule has 0 fully saturated rings. The first-order chi connectivity index (χ1) is 6.24. The normalized spacial score (nSPS) is 10.1. The molecule has 1 heterocycles. The molecular formula is C10H17N2O+. The number of aliphatic hydroxyl groups excluding tert-OH is 1. The van der Waals surface area contributed by atoms with E-state index in [1.54, 1.807) is 0 Å². The lowest BCUT2D eigenvalue weighted by Gasteiger charge is -2.10. The molecule has 72 valence electrons. The quantitative estimate of drug-likeness (QED) is 0.682. The first-order valence-electron chi connectivity index (χ1n) is 4.51. The van der Waals surface area contributed by atoms with Crippen LogP contribution in [0.15, 0.2) is 24.5 Å². The first kappa shape index (κ1) is 9.99. The summed E-state index contributed by atoms with van der Waals surface area (Å²) in [5, 5.41) is 8.65. The third-order valence-electron chi connectivity index (χ3n) is 1.96. The summed E-state index contributed by atoms with van der Waals surface area (Å²) in [6.45, 7) is 1.13. The van der Waals surface area contributed by atoms with E-state index in [-0.39, 0.29) is 6.61 Å². The van der Waals surface area contributed by atoms with Crippen molar-refractivity contribution in [2.75, 3.05) is 25.6 Å². The highest BCUT2D eigenvalue weighted by Crippen LogP contribution is 2.05. The summed E-state index contributed by atoms with van der Waals surface area (Å²) in [5.74, 6) is 0. The molecule has 0 unspecified atom stereocenters. The average molecular weight is 181 g/mol. The molecule has 0 aliphatic carbocycles. The second-order valence-corrected chi connectivity index (χ2v) is 3.27. The molecule has 0 aromatic carbocycles. The zero-order valence-electron chi connectivity index (χ0n) is 8.27. The van der Waals surface area contributed by atoms with Gasteiger partial charge in [-0.15, -0.1) is 0 Å². The van der Waals surface area contributed by atoms with E-state index >= 15 is 0 Å². The molecule has 0 radical (unpaired) electrons. The van der Waals surface area contributed by atoms with Gasteiger partial charge in [-0.25, -0.2) is 4.57 Å². The Morgan fingerprint density at radius 3 is 2.38 bits per heavy atom. The maximum Gasteiger partial charge on any atom is 0.170 e. The number of hydrogen-bond donors (Lipinski definition) is 1. The van der Waals surface area contributed by atoms with E-state index in [0.717, 1.165) is 13.0 Å². The highest BCUT2D eigenvalue weighted by molar-refractivity contribution is 5.41. The van der Waals surface area contributed by atoms with Gasteiger partial charge < -0.3 is 10.0 Å². The fourth-order valence-corrected chi connectivity index (χ4v) is 1.15. The van der Waals surface area contributed by atoms with Gasteiger partial charge in [0.15, 0.2) is 18.9 Å². The van der Waals surface area contributed by atoms with Gasteiger partial charge in [0.1, 0.15) is 0 Å². The van der Waals surface area contributed by atoms with Crippen molar-refractivity contribution in [1.82, 2.24) is 0 Å². The molecule has 0 saturated carbocycles. The zero-order valence-corrected chi connectivity index (χ0v) is 8.27. The van der Waals surface area contributed by atoms with Gasteiger partial charge in [0.25, 0.3) is 0 Å². The van der Waals surface area contributed by atoms with E-state index in [1.807, 2.05) is 26.5 Å². The lowest BCUT2D eigenvalue weighted by Crippen LogP contribution is -2.33. The number of aromatic nitrogens is 1. The largest absolute Gasteiger partial charge is 0.396 e. The molecule has 0 spiro atoms. The minimum Gasteiger partial charge on any atom is -0.396 e. The third-order valence-corrected chi connectivity index (χ3v) is 1.96. The number of aryl methyl sites for hydroxylation is 1. The SMILES string of the molecule is CN(C)c1cc[n+](CCCO)cc1. The topological polar surface area (TPSA) is 27.4 Å². The Balaban J connectivity index is 2.59. The van der Waals surface area contributed by atoms with Gasteiger partial charge in [-0.05, 0) is 0 Å². The van der Waals surface area contributed by atoms with Gasteiger partial charge in [-0.2, -0.15) is 0 Å². The van der Waals surface area contributed by atoms with E-state index < -0.39 is 0 Å². The van der Waals surface area contributed by atoms with Gasteiger partial charge in [0.05, 0.1) is 0 Å². The van der Waals surface area contributed by atoms with Crippen LogP contribution in [0.5, 0.6) is 0 Å². The van der Waals surface area contributed by atoms with Crippen LogP contribution < -0.4 is 9.47 Å². The molecule has 0 aliphatic heterocycles. The van der Waals surface area contributed by atoms with Crippen LogP contribution in [0, 0.1) is 0 Å². The van der Waals surface area contributed by atoms with Gasteiger partial charge in [0.2, 0.25) is 0 Å². The van der Waals surface area contributed by atoms with Gasteiger partial charge in [0, 0.05) is 44.9 Å². The molecule has 3 nitrogen and oxygen atoms in total. The van der Waals surface area contributed by atoms with Crippen LogP contribution in [0.3, 0.4) is 0 Å². The lowest BCUT2D eigenvalue weighted by molar-refractivity contribution is -0.697. The predicted molar refractivity (Wildman–Crippen MR) is 52.7 cm³/mol. The van der Waals surface area contributed by atoms with E-state index in [0.29, 0.717) is 0 Å². The standard InChI is InChI=1S/C10H17N2O/c1-11(2)10-4-7-12(8-5-10)6-3-9-13/h4-5,7-8,13H,3,6,9H2,1-2H3/q+1. The molecule has 1 aromatic heterocycles. The molecule has 0 aliphatic rings. The van der Waals surface area contributed by atoms with E-state index in [1.165, 1.54) is 5.69 Å². The fraction of sp³-hybridized carbons (Fsp3) is 0.500. The summed E-state index contributed by atoms with van der Waals surface area (Å²) < 4.78 is 2.07. The Kier molecular flexibility index (Phi) is 3.71. The number of anilines is 1. The van der Waals surface area contributed by atoms with Gasteiger partial charge in [-0.1, -0.05) is 0 Å². The van der Waals surface area contributed by atoms with Crippen molar-refractivity contribution < 1.29 is 9.67 Å². The zero-order chi connectivity index (χ0) is 9.68. The molecule has 0 saturated heterocycles. The average Bonchev–Trinajstić information content (AvgIpc) is 2.15. The summed E-state index contributed by atoms with van der Waals surface area (Å²) in [6.07, 6.45) is 4.88. The summed E-state index contributed by atoms with van der Waals surface area (Å²) in [7, 11) is 4.04. The van der Waals surface area contributed by atoms with Crippen LogP contribution in [0.2, 0.25) is 0 Å². The lowest BCUT2D eigenvalue weighted by atomic mass is 10.3. The second-order valence-electron chi connectivity index (χ2n) is 3.27. The molecular weight excluding hydrogens is 164 g/mol. The van der Waals surface area contributed by atoms with Crippen molar-refractivity contribution >= 4 is 5.69 Å². The first-order valence-corrected chi connectivity index (χ1v) is 4.51. The van der Waals surface area contributed by atoms with Crippen LogP contribution in [0.1, 0.15) is 6.42 Å². The second kappa shape index (κ2) is 4.82. The molecule has 3 heteroatoms. The minimum absolute atomic E-state index is 0.252. The van der Waals surface area contributed by atoms with Crippen molar-refractivity contribution in [1.29, 1.82) is 0 Å². The molecule has 0 bridgehead atoms. The Hall–Kier alpha value is -1.09. The summed E-state index contributed by atoms with van der Waals surface area (Å²) in [5.41, 5.74) is 1.19. The van der Waals surface area contributed by atoms with Crippen LogP contribution in [-0.4, -0.2) is 25.8 Å². The van der Waals surface area contributed by atoms with Crippen LogP contribution in [-0.2, 0) is 6.54 Å². The fourth-order valence-electron chi connectivity index (χ4n) is 1.15. The molecule has 13 heavy (non-hydrogen) atoms. The Bertz CT molecular complexity index is 244. The van der Waals surface area contributed by atoms with Gasteiger partial charge >= 0.3 is 0 Å². The Morgan fingerprint density at radius 2 is 1.92 bits per heavy atom. The van der Waals surface area contributed by atoms with Crippen molar-refractivity contribution in [3.8, 4) is 0 Å². The van der Waals surface area contributed by atoms with Crippen LogP contribution in [0.4, 0.5) is 5.69 Å². The predicted octanol–water partition coefficient (Wildman–Crippen LogP) is 0.422. The molecule has 1 rings (SSSR count). The number of pyridine rings is 1. The summed E-state index contributed by atoms with van der Waals surface area (Å²) in [6, 6.07) is 4.13.